The molecule has 0 unspecified atom stereocenters. The maximum absolute atomic E-state index is 13.0. The van der Waals surface area contributed by atoms with Crippen LogP contribution in [0, 0.1) is 0 Å². The van der Waals surface area contributed by atoms with Crippen molar-refractivity contribution in [3.05, 3.63) is 83.6 Å². The second-order valence-electron chi connectivity index (χ2n) is 15.6. The van der Waals surface area contributed by atoms with Crippen LogP contribution in [0.3, 0.4) is 0 Å². The van der Waals surface area contributed by atoms with E-state index in [1.807, 2.05) is 31.9 Å². The van der Waals surface area contributed by atoms with E-state index >= 15 is 0 Å². The second kappa shape index (κ2) is 12.5. The summed E-state index contributed by atoms with van der Waals surface area (Å²) >= 11 is 0. The summed E-state index contributed by atoms with van der Waals surface area (Å²) in [6.07, 6.45) is 14.4. The van der Waals surface area contributed by atoms with E-state index in [0.29, 0.717) is 6.54 Å². The number of H-pyrrole nitrogens is 2. The molecule has 3 aromatic carbocycles. The molecular formula is C42H49N5O2. The van der Waals surface area contributed by atoms with Crippen molar-refractivity contribution in [1.82, 2.24) is 24.8 Å². The molecular weight excluding hydrogens is 606 g/mol. The standard InChI is InChI=1S/C42H49N5O2/c1-5-6-11-37-43-26-35(44-37)28-14-12-27(13-15-28)31-18-17-30(32-20-23-42(38(31)32)21-7-8-22-42)29-16-19-33-34(25-29)46-39(45-33)36-10-9-24-47(36)40(48)49-41(2,3)4/h12-19,25-26,36H,5-11,20-24H2,1-4H3,(H,43,44)(H,45,46)/t36-/m0/s1. The van der Waals surface area contributed by atoms with Crippen LogP contribution in [0.25, 0.3) is 44.5 Å². The average Bonchev–Trinajstić information content (AvgIpc) is 3.94. The highest BCUT2D eigenvalue weighted by atomic mass is 16.6. The number of ether oxygens (including phenoxy) is 1. The number of aromatic amines is 2. The normalized spacial score (nSPS) is 18.5. The van der Waals surface area contributed by atoms with Gasteiger partial charge in [-0.25, -0.2) is 14.8 Å². The van der Waals surface area contributed by atoms with Crippen molar-refractivity contribution in [3.63, 3.8) is 0 Å². The summed E-state index contributed by atoms with van der Waals surface area (Å²) in [6, 6.07) is 20.4. The Morgan fingerprint density at radius 1 is 0.939 bits per heavy atom. The maximum atomic E-state index is 13.0. The molecule has 1 saturated heterocycles. The molecule has 1 spiro atoms. The minimum absolute atomic E-state index is 0.0979. The van der Waals surface area contributed by atoms with E-state index in [9.17, 15) is 4.79 Å². The highest BCUT2D eigenvalue weighted by Gasteiger charge is 2.43. The fourth-order valence-corrected chi connectivity index (χ4v) is 8.82. The molecule has 1 atom stereocenters. The number of rotatable bonds is 7. The van der Waals surface area contributed by atoms with Crippen LogP contribution >= 0.6 is 0 Å². The molecule has 7 heteroatoms. The number of hydrogen-bond donors (Lipinski definition) is 2. The Morgan fingerprint density at radius 3 is 2.47 bits per heavy atom. The van der Waals surface area contributed by atoms with Gasteiger partial charge in [-0.1, -0.05) is 68.7 Å². The molecule has 0 bridgehead atoms. The lowest BCUT2D eigenvalue weighted by Crippen LogP contribution is -2.36. The largest absolute Gasteiger partial charge is 0.444 e. The van der Waals surface area contributed by atoms with Gasteiger partial charge in [-0.3, -0.25) is 4.90 Å². The van der Waals surface area contributed by atoms with Crippen molar-refractivity contribution in [2.24, 2.45) is 0 Å². The number of carbonyl (C=O) groups excluding carboxylic acids is 1. The topological polar surface area (TPSA) is 86.9 Å². The molecule has 1 amide bonds. The summed E-state index contributed by atoms with van der Waals surface area (Å²) in [5, 5.41) is 0. The lowest BCUT2D eigenvalue weighted by Gasteiger charge is -2.28. The summed E-state index contributed by atoms with van der Waals surface area (Å²) in [4.78, 5) is 31.6. The monoisotopic (exact) mass is 655 g/mol. The summed E-state index contributed by atoms with van der Waals surface area (Å²) in [5.41, 5.74) is 12.3. The van der Waals surface area contributed by atoms with Gasteiger partial charge in [0.1, 0.15) is 17.2 Å². The van der Waals surface area contributed by atoms with Gasteiger partial charge in [0.2, 0.25) is 0 Å². The molecule has 2 aliphatic carbocycles. The third-order valence-electron chi connectivity index (χ3n) is 11.2. The predicted molar refractivity (Wildman–Crippen MR) is 197 cm³/mol. The average molecular weight is 656 g/mol. The number of fused-ring (bicyclic) bond motifs is 3. The van der Waals surface area contributed by atoms with Gasteiger partial charge in [0.15, 0.2) is 0 Å². The number of imidazole rings is 2. The van der Waals surface area contributed by atoms with E-state index in [2.05, 4.69) is 76.5 Å². The number of hydrogen-bond acceptors (Lipinski definition) is 4. The number of unbranched alkanes of at least 4 members (excludes halogenated alkanes) is 1. The van der Waals surface area contributed by atoms with Gasteiger partial charge < -0.3 is 14.7 Å². The van der Waals surface area contributed by atoms with E-state index in [1.165, 1.54) is 71.9 Å². The van der Waals surface area contributed by atoms with Crippen LogP contribution in [0.2, 0.25) is 0 Å². The van der Waals surface area contributed by atoms with Gasteiger partial charge in [0.25, 0.3) is 0 Å². The molecule has 1 saturated carbocycles. The fourth-order valence-electron chi connectivity index (χ4n) is 8.82. The number of nitrogens with zero attached hydrogens (tertiary/aromatic N) is 3. The minimum atomic E-state index is -0.526. The van der Waals surface area contributed by atoms with E-state index in [4.69, 9.17) is 9.72 Å². The lowest BCUT2D eigenvalue weighted by atomic mass is 9.76. The minimum Gasteiger partial charge on any atom is -0.444 e. The van der Waals surface area contributed by atoms with Gasteiger partial charge in [0, 0.05) is 13.0 Å². The summed E-state index contributed by atoms with van der Waals surface area (Å²) in [5.74, 6) is 1.92. The molecule has 49 heavy (non-hydrogen) atoms. The van der Waals surface area contributed by atoms with Crippen LogP contribution < -0.4 is 0 Å². The zero-order chi connectivity index (χ0) is 33.8. The van der Waals surface area contributed by atoms with E-state index in [1.54, 1.807) is 5.56 Å². The number of nitrogens with one attached hydrogen (secondary N) is 2. The Balaban J connectivity index is 1.12. The van der Waals surface area contributed by atoms with Crippen LogP contribution in [0.15, 0.2) is 60.8 Å². The van der Waals surface area contributed by atoms with Crippen molar-refractivity contribution in [3.8, 4) is 33.5 Å². The van der Waals surface area contributed by atoms with Crippen molar-refractivity contribution in [2.45, 2.75) is 115 Å². The summed E-state index contributed by atoms with van der Waals surface area (Å²) in [6.45, 7) is 8.65. The van der Waals surface area contributed by atoms with Gasteiger partial charge in [-0.05, 0) is 122 Å². The number of amides is 1. The number of benzene rings is 3. The Bertz CT molecular complexity index is 1990. The van der Waals surface area contributed by atoms with Crippen LogP contribution in [-0.2, 0) is 23.0 Å². The first-order valence-corrected chi connectivity index (χ1v) is 18.5. The SMILES string of the molecule is CCCCc1ncc(-c2ccc(-c3ccc(-c4ccc5[nH]c([C@@H]6CCCN6C(=O)OC(C)(C)C)nc5c4)c4c3C3(CCCC3)CC4)cc2)[nH]1. The van der Waals surface area contributed by atoms with E-state index < -0.39 is 5.60 Å². The van der Waals surface area contributed by atoms with Gasteiger partial charge in [-0.2, -0.15) is 0 Å². The highest BCUT2D eigenvalue weighted by molar-refractivity contribution is 5.86. The smallest absolute Gasteiger partial charge is 0.410 e. The number of aromatic nitrogens is 4. The molecule has 3 aliphatic rings. The van der Waals surface area contributed by atoms with Crippen LogP contribution in [0.4, 0.5) is 4.79 Å². The maximum Gasteiger partial charge on any atom is 0.410 e. The van der Waals surface area contributed by atoms with Crippen molar-refractivity contribution < 1.29 is 9.53 Å². The van der Waals surface area contributed by atoms with Crippen LogP contribution in [0.5, 0.6) is 0 Å². The quantitative estimate of drug-likeness (QED) is 0.183. The highest BCUT2D eigenvalue weighted by Crippen LogP contribution is 2.55. The second-order valence-corrected chi connectivity index (χ2v) is 15.6. The number of likely N-dealkylation sites (tertiary alicyclic amines) is 1. The van der Waals surface area contributed by atoms with Crippen LogP contribution in [-0.4, -0.2) is 43.1 Å². The number of carbonyl (C=O) groups is 1. The molecule has 3 heterocycles. The first-order chi connectivity index (χ1) is 23.7. The molecule has 8 rings (SSSR count). The van der Waals surface area contributed by atoms with Gasteiger partial charge in [0.05, 0.1) is 29.0 Å². The van der Waals surface area contributed by atoms with E-state index in [0.717, 1.165) is 60.5 Å². The van der Waals surface area contributed by atoms with Gasteiger partial charge >= 0.3 is 6.09 Å². The first kappa shape index (κ1) is 31.9. The molecule has 0 radical (unpaired) electrons. The molecule has 7 nitrogen and oxygen atoms in total. The third kappa shape index (κ3) is 5.95. The predicted octanol–water partition coefficient (Wildman–Crippen LogP) is 10.5. The Hall–Kier alpha value is -4.39. The summed E-state index contributed by atoms with van der Waals surface area (Å²) in [7, 11) is 0. The van der Waals surface area contributed by atoms with Gasteiger partial charge in [-0.15, -0.1) is 0 Å². The third-order valence-corrected chi connectivity index (χ3v) is 11.2. The van der Waals surface area contributed by atoms with Crippen molar-refractivity contribution >= 4 is 17.1 Å². The van der Waals surface area contributed by atoms with Crippen LogP contribution in [0.1, 0.15) is 114 Å². The Morgan fingerprint density at radius 2 is 1.69 bits per heavy atom. The zero-order valence-electron chi connectivity index (χ0n) is 29.5. The van der Waals surface area contributed by atoms with Crippen molar-refractivity contribution in [2.75, 3.05) is 6.54 Å². The Kier molecular flexibility index (Phi) is 8.12. The lowest BCUT2D eigenvalue weighted by molar-refractivity contribution is 0.0219. The number of aryl methyl sites for hydroxylation is 1. The first-order valence-electron chi connectivity index (χ1n) is 18.5. The Labute approximate surface area is 289 Å². The molecule has 1 aliphatic heterocycles. The molecule has 5 aromatic rings. The molecule has 2 N–H and O–H groups in total. The fraction of sp³-hybridized carbons (Fsp3) is 0.452. The molecule has 2 aromatic heterocycles. The van der Waals surface area contributed by atoms with E-state index in [-0.39, 0.29) is 17.6 Å². The molecule has 254 valence electrons. The summed E-state index contributed by atoms with van der Waals surface area (Å²) < 4.78 is 5.73. The zero-order valence-corrected chi connectivity index (χ0v) is 29.5. The molecule has 2 fully saturated rings. The van der Waals surface area contributed by atoms with Crippen molar-refractivity contribution in [1.29, 1.82) is 0 Å².